The maximum atomic E-state index is 6.08. The summed E-state index contributed by atoms with van der Waals surface area (Å²) in [7, 11) is 0. The minimum atomic E-state index is 0.264. The van der Waals surface area contributed by atoms with Gasteiger partial charge in [0.2, 0.25) is 0 Å². The average Bonchev–Trinajstić information content (AvgIpc) is 2.57. The van der Waals surface area contributed by atoms with Gasteiger partial charge >= 0.3 is 0 Å². The molecule has 0 bridgehead atoms. The minimum Gasteiger partial charge on any atom is -0.233 e. The minimum absolute atomic E-state index is 0.264. The van der Waals surface area contributed by atoms with Gasteiger partial charge in [0.25, 0.3) is 0 Å². The Balaban J connectivity index is 1.91. The number of hydrogen-bond donors (Lipinski definition) is 0. The SMILES string of the molecule is CC(C)(C)C1(C(C)(C)C)CCC(OOC2CCC(C(C)(C)C)(C(C)(C)C)CC2)CC1. The second-order valence-electron chi connectivity index (χ2n) is 14.8. The summed E-state index contributed by atoms with van der Waals surface area (Å²) in [6.07, 6.45) is 9.94. The Morgan fingerprint density at radius 2 is 0.633 bits per heavy atom. The molecule has 2 nitrogen and oxygen atoms in total. The molecule has 0 spiro atoms. The van der Waals surface area contributed by atoms with E-state index in [2.05, 4.69) is 83.1 Å². The topological polar surface area (TPSA) is 18.5 Å². The zero-order valence-corrected chi connectivity index (χ0v) is 22.6. The largest absolute Gasteiger partial charge is 0.233 e. The molecular weight excluding hydrogens is 368 g/mol. The summed E-state index contributed by atoms with van der Waals surface area (Å²) in [6.45, 7) is 29.1. The highest BCUT2D eigenvalue weighted by molar-refractivity contribution is 5.02. The van der Waals surface area contributed by atoms with E-state index >= 15 is 0 Å². The predicted octanol–water partition coefficient (Wildman–Crippen LogP) is 8.98. The molecule has 2 aliphatic carbocycles. The summed E-state index contributed by atoms with van der Waals surface area (Å²) in [5, 5.41) is 0. The third-order valence-corrected chi connectivity index (χ3v) is 9.64. The van der Waals surface area contributed by atoms with Gasteiger partial charge in [-0.15, -0.1) is 0 Å². The van der Waals surface area contributed by atoms with Gasteiger partial charge in [-0.3, -0.25) is 0 Å². The van der Waals surface area contributed by atoms with E-state index in [4.69, 9.17) is 9.78 Å². The first-order valence-electron chi connectivity index (χ1n) is 12.7. The fraction of sp³-hybridized carbons (Fsp3) is 1.00. The van der Waals surface area contributed by atoms with Crippen molar-refractivity contribution in [2.75, 3.05) is 0 Å². The molecule has 0 aliphatic heterocycles. The molecule has 0 radical (unpaired) electrons. The highest BCUT2D eigenvalue weighted by atomic mass is 17.2. The van der Waals surface area contributed by atoms with E-state index in [-0.39, 0.29) is 12.2 Å². The van der Waals surface area contributed by atoms with Crippen LogP contribution in [0, 0.1) is 32.5 Å². The van der Waals surface area contributed by atoms with E-state index < -0.39 is 0 Å². The second-order valence-corrected chi connectivity index (χ2v) is 14.8. The number of hydrogen-bond acceptors (Lipinski definition) is 2. The van der Waals surface area contributed by atoms with Crippen LogP contribution in [0.4, 0.5) is 0 Å². The highest BCUT2D eigenvalue weighted by Gasteiger charge is 2.53. The first-order valence-corrected chi connectivity index (χ1v) is 12.7. The van der Waals surface area contributed by atoms with Crippen molar-refractivity contribution in [1.29, 1.82) is 0 Å². The molecule has 0 aromatic rings. The highest BCUT2D eigenvalue weighted by Crippen LogP contribution is 2.61. The van der Waals surface area contributed by atoms with E-state index in [1.807, 2.05) is 0 Å². The van der Waals surface area contributed by atoms with Crippen molar-refractivity contribution in [3.05, 3.63) is 0 Å². The second kappa shape index (κ2) is 8.36. The zero-order chi connectivity index (χ0) is 23.2. The first-order chi connectivity index (χ1) is 13.4. The lowest BCUT2D eigenvalue weighted by Gasteiger charge is -2.57. The Hall–Kier alpha value is -0.0800. The van der Waals surface area contributed by atoms with Crippen LogP contribution in [0.25, 0.3) is 0 Å². The molecule has 2 rings (SSSR count). The van der Waals surface area contributed by atoms with Gasteiger partial charge in [-0.2, -0.15) is 0 Å². The van der Waals surface area contributed by atoms with Crippen LogP contribution in [0.1, 0.15) is 134 Å². The van der Waals surface area contributed by atoms with Gasteiger partial charge in [-0.1, -0.05) is 83.1 Å². The summed E-state index contributed by atoms with van der Waals surface area (Å²) >= 11 is 0. The Morgan fingerprint density at radius 1 is 0.433 bits per heavy atom. The molecule has 178 valence electrons. The fourth-order valence-corrected chi connectivity index (χ4v) is 7.77. The summed E-state index contributed by atoms with van der Waals surface area (Å²) in [6, 6.07) is 0. The summed E-state index contributed by atoms with van der Waals surface area (Å²) < 4.78 is 0. The van der Waals surface area contributed by atoms with Crippen LogP contribution < -0.4 is 0 Å². The maximum Gasteiger partial charge on any atom is 0.0930 e. The van der Waals surface area contributed by atoms with Crippen LogP contribution in [0.3, 0.4) is 0 Å². The first kappa shape index (κ1) is 26.2. The molecular formula is C28H54O2. The van der Waals surface area contributed by atoms with Gasteiger partial charge in [-0.25, -0.2) is 9.78 Å². The van der Waals surface area contributed by atoms with Crippen molar-refractivity contribution in [2.45, 2.75) is 147 Å². The molecule has 0 atom stereocenters. The Morgan fingerprint density at radius 3 is 0.800 bits per heavy atom. The van der Waals surface area contributed by atoms with Crippen molar-refractivity contribution in [2.24, 2.45) is 32.5 Å². The zero-order valence-electron chi connectivity index (χ0n) is 22.6. The lowest BCUT2D eigenvalue weighted by Crippen LogP contribution is -2.50. The van der Waals surface area contributed by atoms with Crippen molar-refractivity contribution in [1.82, 2.24) is 0 Å². The molecule has 0 amide bonds. The molecule has 0 saturated heterocycles. The van der Waals surface area contributed by atoms with Crippen LogP contribution in [-0.4, -0.2) is 12.2 Å². The van der Waals surface area contributed by atoms with Crippen molar-refractivity contribution in [3.8, 4) is 0 Å². The van der Waals surface area contributed by atoms with E-state index in [0.29, 0.717) is 32.5 Å². The quantitative estimate of drug-likeness (QED) is 0.334. The molecule has 0 aromatic heterocycles. The van der Waals surface area contributed by atoms with Crippen molar-refractivity contribution in [3.63, 3.8) is 0 Å². The van der Waals surface area contributed by atoms with Gasteiger partial charge in [0.15, 0.2) is 0 Å². The Bertz CT molecular complexity index is 461. The van der Waals surface area contributed by atoms with Crippen LogP contribution >= 0.6 is 0 Å². The van der Waals surface area contributed by atoms with Crippen LogP contribution in [0.15, 0.2) is 0 Å². The average molecular weight is 423 g/mol. The Labute approximate surface area is 189 Å². The van der Waals surface area contributed by atoms with Gasteiger partial charge in [0, 0.05) is 0 Å². The van der Waals surface area contributed by atoms with Gasteiger partial charge in [-0.05, 0) is 83.9 Å². The predicted molar refractivity (Wildman–Crippen MR) is 129 cm³/mol. The maximum absolute atomic E-state index is 6.08. The lowest BCUT2D eigenvalue weighted by molar-refractivity contribution is -0.365. The molecule has 2 fully saturated rings. The smallest absolute Gasteiger partial charge is 0.0930 e. The normalized spacial score (nSPS) is 24.8. The van der Waals surface area contributed by atoms with E-state index in [1.165, 1.54) is 25.7 Å². The summed E-state index contributed by atoms with van der Waals surface area (Å²) in [4.78, 5) is 12.2. The molecule has 30 heavy (non-hydrogen) atoms. The van der Waals surface area contributed by atoms with E-state index in [1.54, 1.807) is 0 Å². The van der Waals surface area contributed by atoms with Gasteiger partial charge < -0.3 is 0 Å². The molecule has 0 N–H and O–H groups in total. The molecule has 2 saturated carbocycles. The fourth-order valence-electron chi connectivity index (χ4n) is 7.77. The summed E-state index contributed by atoms with van der Waals surface area (Å²) in [5.74, 6) is 0. The van der Waals surface area contributed by atoms with E-state index in [9.17, 15) is 0 Å². The van der Waals surface area contributed by atoms with Gasteiger partial charge in [0.1, 0.15) is 0 Å². The third-order valence-electron chi connectivity index (χ3n) is 9.64. The third kappa shape index (κ3) is 4.80. The molecule has 2 heteroatoms. The molecule has 0 unspecified atom stereocenters. The monoisotopic (exact) mass is 422 g/mol. The molecule has 0 heterocycles. The summed E-state index contributed by atoms with van der Waals surface area (Å²) in [5.41, 5.74) is 1.97. The van der Waals surface area contributed by atoms with Crippen LogP contribution in [0.5, 0.6) is 0 Å². The Kier molecular flexibility index (Phi) is 7.30. The van der Waals surface area contributed by atoms with Crippen LogP contribution in [-0.2, 0) is 9.78 Å². The molecule has 2 aliphatic rings. The van der Waals surface area contributed by atoms with Crippen LogP contribution in [0.2, 0.25) is 0 Å². The standard InChI is InChI=1S/C28H54O2/c1-23(2,3)27(24(4,5)6)17-13-21(14-18-27)29-30-22-15-19-28(20-16-22,25(7,8)9)26(10,11)12/h21-22H,13-20H2,1-12H3. The van der Waals surface area contributed by atoms with Crippen molar-refractivity contribution >= 4 is 0 Å². The lowest BCUT2D eigenvalue weighted by atomic mass is 9.48. The van der Waals surface area contributed by atoms with Crippen molar-refractivity contribution < 1.29 is 9.78 Å². The number of rotatable bonds is 3. The van der Waals surface area contributed by atoms with Gasteiger partial charge in [0.05, 0.1) is 12.2 Å². The molecule has 0 aromatic carbocycles. The van der Waals surface area contributed by atoms with E-state index in [0.717, 1.165) is 25.7 Å².